The van der Waals surface area contributed by atoms with E-state index >= 15 is 0 Å². The molecular formula is C20H30O7. The molecule has 3 aliphatic heterocycles. The average Bonchev–Trinajstić information content (AvgIpc) is 2.99. The number of aliphatic hydroxyl groups excluding tert-OH is 1. The predicted octanol–water partition coefficient (Wildman–Crippen LogP) is 1.70. The standard InChI is InChI=1S/C20H30O7/c1-6-10(2)17(22)26-14-8-19(5)15(21)9-20(24,27-19)11(3)7-13-16(14)12(4)18(23)25-13/h10-11,13-16,21,24H,4,6-9H2,1-3,5H3/t10?,11-,13+,14+,15-,16-,19-,20-/m0/s1. The molecule has 0 aliphatic carbocycles. The van der Waals surface area contributed by atoms with E-state index in [0.29, 0.717) is 12.8 Å². The van der Waals surface area contributed by atoms with Crippen LogP contribution < -0.4 is 0 Å². The first kappa shape index (κ1) is 20.3. The van der Waals surface area contributed by atoms with Crippen LogP contribution >= 0.6 is 0 Å². The minimum absolute atomic E-state index is 0.0585. The molecule has 7 heteroatoms. The zero-order chi connectivity index (χ0) is 20.1. The molecule has 0 radical (unpaired) electrons. The summed E-state index contributed by atoms with van der Waals surface area (Å²) in [6.07, 6.45) is -1.05. The second-order valence-corrected chi connectivity index (χ2v) is 8.60. The Kier molecular flexibility index (Phi) is 5.16. The van der Waals surface area contributed by atoms with Gasteiger partial charge in [0.05, 0.1) is 23.5 Å². The minimum atomic E-state index is -1.52. The lowest BCUT2D eigenvalue weighted by Gasteiger charge is -2.34. The number of hydrogen-bond acceptors (Lipinski definition) is 7. The first-order chi connectivity index (χ1) is 12.5. The zero-order valence-corrected chi connectivity index (χ0v) is 16.4. The molecular weight excluding hydrogens is 352 g/mol. The molecule has 1 unspecified atom stereocenters. The third-order valence-corrected chi connectivity index (χ3v) is 6.57. The fraction of sp³-hybridized carbons (Fsp3) is 0.800. The Morgan fingerprint density at radius 2 is 2.11 bits per heavy atom. The Balaban J connectivity index is 1.99. The SMILES string of the molecule is C=C1C(=O)O[C@@H]2C[C@H](C)[C@]3(O)C[C@H](O)[C@](C)(C[C@@H](OC(=O)C(C)CC)[C@@H]12)O3. The molecule has 0 aromatic carbocycles. The Labute approximate surface area is 159 Å². The second-order valence-electron chi connectivity index (χ2n) is 8.60. The molecule has 0 aromatic heterocycles. The summed E-state index contributed by atoms with van der Waals surface area (Å²) in [6.45, 7) is 11.0. The molecule has 3 heterocycles. The van der Waals surface area contributed by atoms with Gasteiger partial charge in [-0.05, 0) is 19.8 Å². The predicted molar refractivity (Wildman–Crippen MR) is 95.3 cm³/mol. The zero-order valence-electron chi connectivity index (χ0n) is 16.4. The van der Waals surface area contributed by atoms with Gasteiger partial charge in [0, 0.05) is 24.3 Å². The van der Waals surface area contributed by atoms with Crippen molar-refractivity contribution >= 4 is 11.9 Å². The molecule has 8 atom stereocenters. The molecule has 7 nitrogen and oxygen atoms in total. The van der Waals surface area contributed by atoms with Crippen molar-refractivity contribution in [3.63, 3.8) is 0 Å². The van der Waals surface area contributed by atoms with E-state index in [1.807, 2.05) is 6.92 Å². The van der Waals surface area contributed by atoms with Crippen LogP contribution in [-0.4, -0.2) is 51.9 Å². The maximum Gasteiger partial charge on any atom is 0.334 e. The summed E-state index contributed by atoms with van der Waals surface area (Å²) < 4.78 is 17.2. The van der Waals surface area contributed by atoms with Gasteiger partial charge >= 0.3 is 11.9 Å². The topological polar surface area (TPSA) is 102 Å². The molecule has 2 N–H and O–H groups in total. The van der Waals surface area contributed by atoms with Crippen molar-refractivity contribution in [2.75, 3.05) is 0 Å². The van der Waals surface area contributed by atoms with Crippen molar-refractivity contribution < 1.29 is 34.0 Å². The van der Waals surface area contributed by atoms with Crippen molar-refractivity contribution in [2.45, 2.75) is 83.1 Å². The molecule has 0 saturated carbocycles. The Morgan fingerprint density at radius 1 is 1.44 bits per heavy atom. The first-order valence-corrected chi connectivity index (χ1v) is 9.71. The molecule has 0 spiro atoms. The Morgan fingerprint density at radius 3 is 2.74 bits per heavy atom. The number of carbonyl (C=O) groups excluding carboxylic acids is 2. The van der Waals surface area contributed by atoms with E-state index in [-0.39, 0.29) is 36.2 Å². The highest BCUT2D eigenvalue weighted by molar-refractivity contribution is 5.91. The smallest absolute Gasteiger partial charge is 0.334 e. The summed E-state index contributed by atoms with van der Waals surface area (Å²) in [7, 11) is 0. The van der Waals surface area contributed by atoms with Crippen molar-refractivity contribution in [3.05, 3.63) is 12.2 Å². The van der Waals surface area contributed by atoms with Crippen LogP contribution in [0, 0.1) is 17.8 Å². The lowest BCUT2D eigenvalue weighted by molar-refractivity contribution is -0.253. The van der Waals surface area contributed by atoms with Crippen molar-refractivity contribution in [1.29, 1.82) is 0 Å². The highest BCUT2D eigenvalue weighted by Crippen LogP contribution is 2.49. The second kappa shape index (κ2) is 6.87. The third kappa shape index (κ3) is 3.41. The molecule has 3 fully saturated rings. The highest BCUT2D eigenvalue weighted by atomic mass is 16.7. The lowest BCUT2D eigenvalue weighted by Crippen LogP contribution is -2.45. The number of aliphatic hydroxyl groups is 2. The number of fused-ring (bicyclic) bond motifs is 3. The van der Waals surface area contributed by atoms with Gasteiger partial charge in [0.25, 0.3) is 0 Å². The van der Waals surface area contributed by atoms with Gasteiger partial charge in [-0.25, -0.2) is 4.79 Å². The lowest BCUT2D eigenvalue weighted by atomic mass is 9.78. The van der Waals surface area contributed by atoms with Crippen molar-refractivity contribution in [2.24, 2.45) is 17.8 Å². The van der Waals surface area contributed by atoms with Gasteiger partial charge in [0.2, 0.25) is 0 Å². The van der Waals surface area contributed by atoms with E-state index in [1.54, 1.807) is 20.8 Å². The third-order valence-electron chi connectivity index (χ3n) is 6.57. The quantitative estimate of drug-likeness (QED) is 0.566. The molecule has 2 bridgehead atoms. The number of ether oxygens (including phenoxy) is 3. The van der Waals surface area contributed by atoms with Gasteiger partial charge in [-0.1, -0.05) is 27.4 Å². The number of hydrogen-bond donors (Lipinski definition) is 2. The van der Waals surface area contributed by atoms with Crippen LogP contribution in [0.2, 0.25) is 0 Å². The fourth-order valence-corrected chi connectivity index (χ4v) is 4.40. The van der Waals surface area contributed by atoms with E-state index in [2.05, 4.69) is 6.58 Å². The van der Waals surface area contributed by atoms with Crippen LogP contribution in [0.25, 0.3) is 0 Å². The van der Waals surface area contributed by atoms with Gasteiger partial charge in [-0.15, -0.1) is 0 Å². The van der Waals surface area contributed by atoms with E-state index < -0.39 is 41.6 Å². The molecule has 0 aromatic rings. The monoisotopic (exact) mass is 382 g/mol. The van der Waals surface area contributed by atoms with Crippen LogP contribution in [0.3, 0.4) is 0 Å². The van der Waals surface area contributed by atoms with Gasteiger partial charge < -0.3 is 24.4 Å². The van der Waals surface area contributed by atoms with Gasteiger partial charge in [-0.3, -0.25) is 4.79 Å². The molecule has 3 saturated heterocycles. The van der Waals surface area contributed by atoms with E-state index in [4.69, 9.17) is 14.2 Å². The van der Waals surface area contributed by atoms with E-state index in [1.165, 1.54) is 0 Å². The van der Waals surface area contributed by atoms with Crippen LogP contribution in [0.4, 0.5) is 0 Å². The molecule has 27 heavy (non-hydrogen) atoms. The highest BCUT2D eigenvalue weighted by Gasteiger charge is 2.60. The summed E-state index contributed by atoms with van der Waals surface area (Å²) >= 11 is 0. The number of rotatable bonds is 3. The van der Waals surface area contributed by atoms with E-state index in [0.717, 1.165) is 0 Å². The Hall–Kier alpha value is -1.44. The maximum atomic E-state index is 12.5. The largest absolute Gasteiger partial charge is 0.461 e. The van der Waals surface area contributed by atoms with Crippen LogP contribution in [0.5, 0.6) is 0 Å². The number of esters is 2. The van der Waals surface area contributed by atoms with Crippen LogP contribution in [0.1, 0.15) is 53.4 Å². The van der Waals surface area contributed by atoms with Crippen LogP contribution in [-0.2, 0) is 23.8 Å². The van der Waals surface area contributed by atoms with Gasteiger partial charge in [-0.2, -0.15) is 0 Å². The first-order valence-electron chi connectivity index (χ1n) is 9.71. The van der Waals surface area contributed by atoms with Crippen molar-refractivity contribution in [1.82, 2.24) is 0 Å². The molecule has 152 valence electrons. The Bertz CT molecular complexity index is 646. The normalized spacial score (nSPS) is 45.3. The van der Waals surface area contributed by atoms with Crippen LogP contribution in [0.15, 0.2) is 12.2 Å². The van der Waals surface area contributed by atoms with Gasteiger partial charge in [0.1, 0.15) is 12.2 Å². The van der Waals surface area contributed by atoms with Crippen molar-refractivity contribution in [3.8, 4) is 0 Å². The summed E-state index contributed by atoms with van der Waals surface area (Å²) in [4.78, 5) is 24.7. The number of carbonyl (C=O) groups is 2. The maximum absolute atomic E-state index is 12.5. The van der Waals surface area contributed by atoms with E-state index in [9.17, 15) is 19.8 Å². The minimum Gasteiger partial charge on any atom is -0.461 e. The molecule has 3 rings (SSSR count). The molecule has 3 aliphatic rings. The summed E-state index contributed by atoms with van der Waals surface area (Å²) in [5, 5.41) is 21.6. The average molecular weight is 382 g/mol. The molecule has 0 amide bonds. The summed E-state index contributed by atoms with van der Waals surface area (Å²) in [6, 6.07) is 0. The summed E-state index contributed by atoms with van der Waals surface area (Å²) in [5.41, 5.74) is -0.846. The fourth-order valence-electron chi connectivity index (χ4n) is 4.40. The summed E-state index contributed by atoms with van der Waals surface area (Å²) in [5.74, 6) is -3.60. The van der Waals surface area contributed by atoms with Gasteiger partial charge in [0.15, 0.2) is 5.79 Å².